The van der Waals surface area contributed by atoms with Crippen molar-refractivity contribution >= 4 is 11.4 Å². The van der Waals surface area contributed by atoms with Gasteiger partial charge in [0.2, 0.25) is 0 Å². The number of rotatable bonds is 3. The van der Waals surface area contributed by atoms with Crippen molar-refractivity contribution in [1.82, 2.24) is 0 Å². The molecule has 0 bridgehead atoms. The Morgan fingerprint density at radius 1 is 1.42 bits per heavy atom. The third kappa shape index (κ3) is 2.54. The maximum Gasteiger partial charge on any atom is 0.302 e. The van der Waals surface area contributed by atoms with Crippen molar-refractivity contribution in [3.63, 3.8) is 0 Å². The van der Waals surface area contributed by atoms with Gasteiger partial charge < -0.3 is 0 Å². The van der Waals surface area contributed by atoms with Gasteiger partial charge in [-0.2, -0.15) is 4.21 Å². The molecule has 0 amide bonds. The quantitative estimate of drug-likeness (QED) is 0.698. The van der Waals surface area contributed by atoms with Gasteiger partial charge in [-0.15, -0.1) is 0 Å². The van der Waals surface area contributed by atoms with E-state index in [-0.39, 0.29) is 5.60 Å². The zero-order valence-electron chi connectivity index (χ0n) is 7.41. The molecule has 3 nitrogen and oxygen atoms in total. The van der Waals surface area contributed by atoms with Gasteiger partial charge in [0, 0.05) is 0 Å². The van der Waals surface area contributed by atoms with Gasteiger partial charge in [0.15, 0.2) is 0 Å². The van der Waals surface area contributed by atoms with E-state index in [1.165, 1.54) is 6.42 Å². The van der Waals surface area contributed by atoms with Gasteiger partial charge >= 0.3 is 11.4 Å². The summed E-state index contributed by atoms with van der Waals surface area (Å²) in [5.41, 5.74) is -0.308. The average molecular weight is 192 g/mol. The normalized spacial score (nSPS) is 25.2. The predicted octanol–water partition coefficient (Wildman–Crippen LogP) is 2.25. The first-order chi connectivity index (χ1) is 5.68. The first-order valence-corrected chi connectivity index (χ1v) is 5.52. The van der Waals surface area contributed by atoms with Gasteiger partial charge in [0.05, 0.1) is 5.60 Å². The zero-order chi connectivity index (χ0) is 9.03. The van der Waals surface area contributed by atoms with E-state index in [4.69, 9.17) is 8.74 Å². The lowest BCUT2D eigenvalue weighted by atomic mass is 9.83. The SMILES string of the molecule is CCC1(OS(=O)O)CCCCC1. The molecule has 0 aromatic heterocycles. The van der Waals surface area contributed by atoms with Crippen LogP contribution in [0.3, 0.4) is 0 Å². The molecule has 1 N–H and O–H groups in total. The fourth-order valence-electron chi connectivity index (χ4n) is 1.84. The predicted molar refractivity (Wildman–Crippen MR) is 48.0 cm³/mol. The molecule has 0 spiro atoms. The fraction of sp³-hybridized carbons (Fsp3) is 1.00. The molecule has 1 fully saturated rings. The largest absolute Gasteiger partial charge is 0.302 e. The second-order valence-electron chi connectivity index (χ2n) is 3.40. The van der Waals surface area contributed by atoms with E-state index < -0.39 is 11.4 Å². The standard InChI is InChI=1S/C8H16O3S/c1-2-8(11-12(9)10)6-4-3-5-7-8/h2-7H2,1H3,(H,9,10). The molecule has 1 atom stereocenters. The summed E-state index contributed by atoms with van der Waals surface area (Å²) < 4.78 is 24.2. The highest BCUT2D eigenvalue weighted by Gasteiger charge is 2.33. The summed E-state index contributed by atoms with van der Waals surface area (Å²) in [6, 6.07) is 0. The van der Waals surface area contributed by atoms with Crippen molar-refractivity contribution in [3.05, 3.63) is 0 Å². The summed E-state index contributed by atoms with van der Waals surface area (Å²) >= 11 is -2.10. The Kier molecular flexibility index (Phi) is 3.68. The Balaban J connectivity index is 2.53. The van der Waals surface area contributed by atoms with Crippen LogP contribution < -0.4 is 0 Å². The molecule has 0 aromatic carbocycles. The molecule has 0 aliphatic heterocycles. The monoisotopic (exact) mass is 192 g/mol. The molecule has 12 heavy (non-hydrogen) atoms. The molecule has 0 heterocycles. The number of hydrogen-bond donors (Lipinski definition) is 1. The highest BCUT2D eigenvalue weighted by molar-refractivity contribution is 7.74. The molecule has 0 saturated heterocycles. The van der Waals surface area contributed by atoms with Gasteiger partial charge in [-0.25, -0.2) is 0 Å². The highest BCUT2D eigenvalue weighted by Crippen LogP contribution is 2.34. The van der Waals surface area contributed by atoms with E-state index in [2.05, 4.69) is 0 Å². The molecule has 1 unspecified atom stereocenters. The highest BCUT2D eigenvalue weighted by atomic mass is 32.2. The summed E-state index contributed by atoms with van der Waals surface area (Å²) in [7, 11) is 0. The summed E-state index contributed by atoms with van der Waals surface area (Å²) in [6.07, 6.45) is 6.14. The fourth-order valence-corrected chi connectivity index (χ4v) is 2.43. The Bertz CT molecular complexity index is 164. The third-order valence-corrected chi connectivity index (χ3v) is 3.15. The molecule has 4 heteroatoms. The van der Waals surface area contributed by atoms with Crippen LogP contribution in [0.15, 0.2) is 0 Å². The smallest absolute Gasteiger partial charge is 0.284 e. The molecule has 0 aromatic rings. The molecular weight excluding hydrogens is 176 g/mol. The zero-order valence-corrected chi connectivity index (χ0v) is 8.23. The summed E-state index contributed by atoms with van der Waals surface area (Å²) in [6.45, 7) is 2.01. The van der Waals surface area contributed by atoms with E-state index >= 15 is 0 Å². The molecule has 1 saturated carbocycles. The van der Waals surface area contributed by atoms with Crippen LogP contribution in [-0.2, 0) is 15.5 Å². The van der Waals surface area contributed by atoms with Crippen molar-refractivity contribution in [2.45, 2.75) is 51.0 Å². The van der Waals surface area contributed by atoms with Crippen LogP contribution in [0.25, 0.3) is 0 Å². The lowest BCUT2D eigenvalue weighted by Gasteiger charge is -2.34. The molecule has 72 valence electrons. The van der Waals surface area contributed by atoms with Gasteiger partial charge in [-0.3, -0.25) is 8.74 Å². The average Bonchev–Trinajstić information content (AvgIpc) is 2.05. The summed E-state index contributed by atoms with van der Waals surface area (Å²) in [5.74, 6) is 0. The van der Waals surface area contributed by atoms with Gasteiger partial charge in [0.25, 0.3) is 0 Å². The maximum atomic E-state index is 10.5. The lowest BCUT2D eigenvalue weighted by molar-refractivity contribution is 0.0315. The van der Waals surface area contributed by atoms with Crippen LogP contribution in [-0.4, -0.2) is 14.4 Å². The minimum Gasteiger partial charge on any atom is -0.284 e. The van der Waals surface area contributed by atoms with Crippen LogP contribution in [0, 0.1) is 0 Å². The summed E-state index contributed by atoms with van der Waals surface area (Å²) in [5, 5.41) is 0. The number of hydrogen-bond acceptors (Lipinski definition) is 2. The maximum absolute atomic E-state index is 10.5. The van der Waals surface area contributed by atoms with Crippen LogP contribution in [0.4, 0.5) is 0 Å². The van der Waals surface area contributed by atoms with Crippen molar-refractivity contribution < 1.29 is 12.9 Å². The van der Waals surface area contributed by atoms with Gasteiger partial charge in [-0.1, -0.05) is 26.2 Å². The Labute approximate surface area is 76.0 Å². The molecule has 1 rings (SSSR count). The topological polar surface area (TPSA) is 46.5 Å². The molecule has 0 radical (unpaired) electrons. The van der Waals surface area contributed by atoms with E-state index in [9.17, 15) is 4.21 Å². The Morgan fingerprint density at radius 2 is 2.00 bits per heavy atom. The van der Waals surface area contributed by atoms with Crippen molar-refractivity contribution in [2.24, 2.45) is 0 Å². The molecule has 1 aliphatic carbocycles. The second kappa shape index (κ2) is 4.35. The van der Waals surface area contributed by atoms with E-state index in [1.54, 1.807) is 0 Å². The van der Waals surface area contributed by atoms with Crippen LogP contribution in [0.5, 0.6) is 0 Å². The second-order valence-corrected chi connectivity index (χ2v) is 4.00. The van der Waals surface area contributed by atoms with Crippen molar-refractivity contribution in [2.75, 3.05) is 0 Å². The molecular formula is C8H16O3S. The van der Waals surface area contributed by atoms with Crippen LogP contribution in [0.2, 0.25) is 0 Å². The summed E-state index contributed by atoms with van der Waals surface area (Å²) in [4.78, 5) is 0. The first-order valence-electron chi connectivity index (χ1n) is 4.49. The van der Waals surface area contributed by atoms with Gasteiger partial charge in [-0.05, 0) is 19.3 Å². The first kappa shape index (κ1) is 10.2. The minimum atomic E-state index is -2.10. The van der Waals surface area contributed by atoms with E-state index in [0.29, 0.717) is 0 Å². The van der Waals surface area contributed by atoms with Crippen molar-refractivity contribution in [3.8, 4) is 0 Å². The van der Waals surface area contributed by atoms with Gasteiger partial charge in [0.1, 0.15) is 0 Å². The van der Waals surface area contributed by atoms with E-state index in [1.807, 2.05) is 6.92 Å². The Hall–Kier alpha value is 0.0700. The molecule has 1 aliphatic rings. The van der Waals surface area contributed by atoms with Crippen molar-refractivity contribution in [1.29, 1.82) is 0 Å². The van der Waals surface area contributed by atoms with Crippen LogP contribution in [0.1, 0.15) is 45.4 Å². The minimum absolute atomic E-state index is 0.308. The van der Waals surface area contributed by atoms with E-state index in [0.717, 1.165) is 32.1 Å². The third-order valence-electron chi connectivity index (χ3n) is 2.66. The van der Waals surface area contributed by atoms with Crippen LogP contribution >= 0.6 is 0 Å². The Morgan fingerprint density at radius 3 is 2.42 bits per heavy atom. The lowest BCUT2D eigenvalue weighted by Crippen LogP contribution is -2.34.